The van der Waals surface area contributed by atoms with E-state index >= 15 is 0 Å². The van der Waals surface area contributed by atoms with E-state index in [2.05, 4.69) is 0 Å². The van der Waals surface area contributed by atoms with Crippen molar-refractivity contribution in [1.82, 2.24) is 0 Å². The molecule has 4 heavy (non-hydrogen) atoms. The third-order valence-electron chi connectivity index (χ3n) is 0. The average Bonchev–Trinajstić information content (AvgIpc) is 1.00. The summed E-state index contributed by atoms with van der Waals surface area (Å²) in [6.45, 7) is 0. The van der Waals surface area contributed by atoms with Gasteiger partial charge in [-0.3, -0.25) is 0 Å². The Labute approximate surface area is 58.9 Å². The van der Waals surface area contributed by atoms with E-state index in [1.807, 2.05) is 0 Å². The first-order valence-electron chi connectivity index (χ1n) is 0.289. The van der Waals surface area contributed by atoms with Crippen molar-refractivity contribution in [1.29, 1.82) is 0 Å². The van der Waals surface area contributed by atoms with E-state index < -0.39 is 0 Å². The molecule has 0 atom stereocenters. The van der Waals surface area contributed by atoms with Crippen molar-refractivity contribution in [2.45, 2.75) is 0 Å². The Balaban J connectivity index is -0.00000000500. The summed E-state index contributed by atoms with van der Waals surface area (Å²) in [6, 6.07) is 0. The molecule has 0 rings (SSSR count). The van der Waals surface area contributed by atoms with E-state index in [-0.39, 0.29) is 44.7 Å². The summed E-state index contributed by atoms with van der Waals surface area (Å²) < 4.78 is 8.28. The van der Waals surface area contributed by atoms with Gasteiger partial charge >= 0.3 is 27.3 Å². The van der Waals surface area contributed by atoms with E-state index in [1.165, 1.54) is 0 Å². The molecule has 0 amide bonds. The fourth-order valence-corrected chi connectivity index (χ4v) is 0. The van der Waals surface area contributed by atoms with Crippen LogP contribution in [0.3, 0.4) is 0 Å². The molecule has 24 valence electrons. The first kappa shape index (κ1) is 17.9. The molecular formula is H4CrOPbSi. The minimum atomic E-state index is 0. The van der Waals surface area contributed by atoms with Crippen LogP contribution in [0, 0.1) is 0 Å². The van der Waals surface area contributed by atoms with Crippen molar-refractivity contribution in [2.75, 3.05) is 0 Å². The Morgan fingerprint density at radius 2 is 1.25 bits per heavy atom. The molecule has 2 radical (unpaired) electrons. The molecule has 0 aliphatic heterocycles. The van der Waals surface area contributed by atoms with Gasteiger partial charge in [-0.25, -0.2) is 0 Å². The van der Waals surface area contributed by atoms with Crippen LogP contribution >= 0.6 is 0 Å². The third-order valence-corrected chi connectivity index (χ3v) is 0. The van der Waals surface area contributed by atoms with Gasteiger partial charge in [-0.1, -0.05) is 0 Å². The van der Waals surface area contributed by atoms with Gasteiger partial charge in [-0.2, -0.15) is 0 Å². The zero-order valence-electron chi connectivity index (χ0n) is 2.23. The van der Waals surface area contributed by atoms with Crippen LogP contribution in [-0.2, 0) is 21.8 Å². The fraction of sp³-hybridized carbons (Fsp3) is 0. The van der Waals surface area contributed by atoms with Crippen LogP contribution in [0.4, 0.5) is 0 Å². The van der Waals surface area contributed by atoms with Gasteiger partial charge in [0.05, 0.1) is 0 Å². The Morgan fingerprint density at radius 3 is 1.25 bits per heavy atom. The van der Waals surface area contributed by atoms with E-state index in [1.54, 1.807) is 0 Å². The predicted octanol–water partition coefficient (Wildman–Crippen LogP) is -1.95. The van der Waals surface area contributed by atoms with Crippen LogP contribution < -0.4 is 0 Å². The summed E-state index contributed by atoms with van der Waals surface area (Å²) in [5, 5.41) is 0. The zero-order valence-corrected chi connectivity index (χ0v) is 10.4. The number of hydrogen-bond donors (Lipinski definition) is 0. The van der Waals surface area contributed by atoms with Gasteiger partial charge in [0.2, 0.25) is 10.1 Å². The van der Waals surface area contributed by atoms with Gasteiger partial charge in [0.1, 0.15) is 0 Å². The zero-order chi connectivity index (χ0) is 2.00. The van der Waals surface area contributed by atoms with Crippen LogP contribution in [-0.4, -0.2) is 37.4 Å². The fourth-order valence-electron chi connectivity index (χ4n) is 0. The summed E-state index contributed by atoms with van der Waals surface area (Å²) in [5.74, 6) is 0. The third kappa shape index (κ3) is 9.79. The SMILES string of the molecule is O=[SiH2].[Cr].[PbH2]. The molecule has 0 aliphatic carbocycles. The van der Waals surface area contributed by atoms with Crippen molar-refractivity contribution >= 4 is 37.4 Å². The maximum atomic E-state index is 8.28. The van der Waals surface area contributed by atoms with Crippen molar-refractivity contribution in [3.05, 3.63) is 0 Å². The molecule has 0 N–H and O–H groups in total. The Kier molecular flexibility index (Phi) is 111. The Morgan fingerprint density at radius 1 is 1.25 bits per heavy atom. The molecule has 0 aromatic rings. The molecule has 1 nitrogen and oxygen atoms in total. The summed E-state index contributed by atoms with van der Waals surface area (Å²) in [7, 11) is 0.611. The minimum absolute atomic E-state index is 0. The predicted molar refractivity (Wildman–Crippen MR) is 17.8 cm³/mol. The normalized spacial score (nSPS) is 1.00. The Hall–Kier alpha value is 1.47. The summed E-state index contributed by atoms with van der Waals surface area (Å²) in [6.07, 6.45) is 0. The standard InChI is InChI=1S/Cr.H2OSi.Pb.2H/c;1-2;;;/h;2H2;;;. The van der Waals surface area contributed by atoms with Crippen LogP contribution in [0.25, 0.3) is 0 Å². The van der Waals surface area contributed by atoms with Crippen LogP contribution in [0.2, 0.25) is 0 Å². The molecule has 0 bridgehead atoms. The van der Waals surface area contributed by atoms with Gasteiger partial charge < -0.3 is 4.46 Å². The van der Waals surface area contributed by atoms with Crippen LogP contribution in [0.1, 0.15) is 0 Å². The topological polar surface area (TPSA) is 17.1 Å². The summed E-state index contributed by atoms with van der Waals surface area (Å²) >= 11 is 0. The van der Waals surface area contributed by atoms with Crippen LogP contribution in [0.15, 0.2) is 0 Å². The molecule has 0 unspecified atom stereocenters. The summed E-state index contributed by atoms with van der Waals surface area (Å²) in [4.78, 5) is 0. The van der Waals surface area contributed by atoms with E-state index in [4.69, 9.17) is 4.46 Å². The molecule has 0 aromatic heterocycles. The monoisotopic (exact) mass is 308 g/mol. The summed E-state index contributed by atoms with van der Waals surface area (Å²) in [5.41, 5.74) is 0. The average molecular weight is 307 g/mol. The molecular weight excluding hydrogens is 303 g/mol. The van der Waals surface area contributed by atoms with Gasteiger partial charge in [0.15, 0.2) is 0 Å². The first-order valence-corrected chi connectivity index (χ1v) is 0.866. The molecule has 0 aliphatic rings. The quantitative estimate of drug-likeness (QED) is 0.475. The van der Waals surface area contributed by atoms with Gasteiger partial charge in [-0.15, -0.1) is 0 Å². The maximum absolute atomic E-state index is 8.28. The van der Waals surface area contributed by atoms with Crippen molar-refractivity contribution < 1.29 is 21.8 Å². The molecule has 0 aromatic carbocycles. The van der Waals surface area contributed by atoms with Gasteiger partial charge in [0, 0.05) is 17.4 Å². The number of rotatable bonds is 0. The Bertz CT molecular complexity index is 8.00. The molecule has 0 heterocycles. The second-order valence-electron chi connectivity index (χ2n) is 0. The second kappa shape index (κ2) is 24.9. The molecule has 0 saturated carbocycles. The van der Waals surface area contributed by atoms with E-state index in [0.717, 1.165) is 0 Å². The molecule has 0 spiro atoms. The van der Waals surface area contributed by atoms with Gasteiger partial charge in [0.25, 0.3) is 0 Å². The van der Waals surface area contributed by atoms with E-state index in [0.29, 0.717) is 10.1 Å². The molecule has 0 saturated heterocycles. The van der Waals surface area contributed by atoms with E-state index in [9.17, 15) is 0 Å². The van der Waals surface area contributed by atoms with Crippen molar-refractivity contribution in [2.24, 2.45) is 0 Å². The molecule has 4 heteroatoms. The molecule has 0 fully saturated rings. The number of hydrogen-bond acceptors (Lipinski definition) is 1. The first-order chi connectivity index (χ1) is 1.00. The van der Waals surface area contributed by atoms with Crippen molar-refractivity contribution in [3.8, 4) is 0 Å². The second-order valence-corrected chi connectivity index (χ2v) is 0. The van der Waals surface area contributed by atoms with Crippen LogP contribution in [0.5, 0.6) is 0 Å². The van der Waals surface area contributed by atoms with Gasteiger partial charge in [-0.05, 0) is 0 Å². The van der Waals surface area contributed by atoms with Crippen molar-refractivity contribution in [3.63, 3.8) is 0 Å².